The van der Waals surface area contributed by atoms with Crippen LogP contribution in [0.4, 0.5) is 4.39 Å². The van der Waals surface area contributed by atoms with E-state index in [0.29, 0.717) is 22.3 Å². The lowest BCUT2D eigenvalue weighted by Crippen LogP contribution is -2.41. The van der Waals surface area contributed by atoms with E-state index in [4.69, 9.17) is 21.7 Å². The molecule has 2 aromatic rings. The molecule has 1 saturated carbocycles. The Hall–Kier alpha value is -2.93. The van der Waals surface area contributed by atoms with Gasteiger partial charge >= 0.3 is 0 Å². The largest absolute Gasteiger partial charge is 0.493 e. The van der Waals surface area contributed by atoms with Gasteiger partial charge in [0, 0.05) is 6.04 Å². The highest BCUT2D eigenvalue weighted by Crippen LogP contribution is 2.31. The standard InChI is InChI=1S/C24H25FN2O3S/c1-29-22-14-16(10-11-21(22)30-15-17-6-5-7-18(25)12-17)13-20-23(28)27(24(31)26-20)19-8-3-2-4-9-19/h5-7,10-14,19H,2-4,8-9,15H2,1H3,(H,26,31)/b20-13-. The average Bonchev–Trinajstić information content (AvgIpc) is 3.06. The molecule has 1 N–H and O–H groups in total. The quantitative estimate of drug-likeness (QED) is 0.516. The van der Waals surface area contributed by atoms with E-state index in [0.717, 1.165) is 36.8 Å². The predicted molar refractivity (Wildman–Crippen MR) is 121 cm³/mol. The number of methoxy groups -OCH3 is 1. The lowest BCUT2D eigenvalue weighted by Gasteiger charge is -2.29. The minimum absolute atomic E-state index is 0.0812. The van der Waals surface area contributed by atoms with Crippen LogP contribution >= 0.6 is 12.2 Å². The van der Waals surface area contributed by atoms with Crippen molar-refractivity contribution in [2.24, 2.45) is 0 Å². The highest BCUT2D eigenvalue weighted by atomic mass is 32.1. The van der Waals surface area contributed by atoms with E-state index in [1.807, 2.05) is 6.07 Å². The second-order valence-electron chi connectivity index (χ2n) is 7.78. The summed E-state index contributed by atoms with van der Waals surface area (Å²) in [4.78, 5) is 14.7. The first-order chi connectivity index (χ1) is 15.0. The van der Waals surface area contributed by atoms with Crippen LogP contribution < -0.4 is 14.8 Å². The first-order valence-corrected chi connectivity index (χ1v) is 10.9. The minimum Gasteiger partial charge on any atom is -0.493 e. The number of carbonyl (C=O) groups excluding carboxylic acids is 1. The molecule has 0 bridgehead atoms. The Morgan fingerprint density at radius 2 is 1.97 bits per heavy atom. The van der Waals surface area contributed by atoms with Crippen molar-refractivity contribution in [3.8, 4) is 11.5 Å². The van der Waals surface area contributed by atoms with Crippen molar-refractivity contribution in [1.29, 1.82) is 0 Å². The molecule has 0 spiro atoms. The van der Waals surface area contributed by atoms with Crippen molar-refractivity contribution < 1.29 is 18.7 Å². The van der Waals surface area contributed by atoms with Crippen molar-refractivity contribution in [3.05, 3.63) is 65.1 Å². The van der Waals surface area contributed by atoms with Gasteiger partial charge in [-0.25, -0.2) is 4.39 Å². The Kier molecular flexibility index (Phi) is 6.51. The molecule has 0 atom stereocenters. The predicted octanol–water partition coefficient (Wildman–Crippen LogP) is 4.80. The van der Waals surface area contributed by atoms with Gasteiger partial charge in [-0.3, -0.25) is 9.69 Å². The molecule has 1 aliphatic heterocycles. The number of carbonyl (C=O) groups is 1. The fraction of sp³-hybridized carbons (Fsp3) is 0.333. The average molecular weight is 441 g/mol. The molecule has 2 aromatic carbocycles. The van der Waals surface area contributed by atoms with Gasteiger partial charge in [-0.2, -0.15) is 0 Å². The van der Waals surface area contributed by atoms with Gasteiger partial charge in [0.15, 0.2) is 16.6 Å². The maximum Gasteiger partial charge on any atom is 0.276 e. The molecule has 1 amide bonds. The van der Waals surface area contributed by atoms with E-state index in [9.17, 15) is 9.18 Å². The van der Waals surface area contributed by atoms with Gasteiger partial charge < -0.3 is 14.8 Å². The topological polar surface area (TPSA) is 50.8 Å². The molecule has 162 valence electrons. The summed E-state index contributed by atoms with van der Waals surface area (Å²) >= 11 is 5.43. The van der Waals surface area contributed by atoms with Gasteiger partial charge in [0.25, 0.3) is 5.91 Å². The Balaban J connectivity index is 1.49. The molecule has 2 fully saturated rings. The number of nitrogens with one attached hydrogen (secondary N) is 1. The van der Waals surface area contributed by atoms with Crippen molar-refractivity contribution in [2.45, 2.75) is 44.8 Å². The normalized spacial score (nSPS) is 18.4. The third-order valence-corrected chi connectivity index (χ3v) is 5.93. The number of benzene rings is 2. The second kappa shape index (κ2) is 9.47. The van der Waals surface area contributed by atoms with Crippen LogP contribution in [0.15, 0.2) is 48.2 Å². The van der Waals surface area contributed by atoms with E-state index < -0.39 is 0 Å². The maximum absolute atomic E-state index is 13.4. The fourth-order valence-electron chi connectivity index (χ4n) is 4.07. The minimum atomic E-state index is -0.302. The Morgan fingerprint density at radius 3 is 2.71 bits per heavy atom. The summed E-state index contributed by atoms with van der Waals surface area (Å²) in [6.07, 6.45) is 7.23. The van der Waals surface area contributed by atoms with Gasteiger partial charge in [-0.1, -0.05) is 37.5 Å². The first kappa shape index (κ1) is 21.3. The molecule has 0 unspecified atom stereocenters. The highest BCUT2D eigenvalue weighted by molar-refractivity contribution is 7.80. The van der Waals surface area contributed by atoms with Crippen molar-refractivity contribution in [1.82, 2.24) is 10.2 Å². The van der Waals surface area contributed by atoms with E-state index in [1.54, 1.807) is 42.4 Å². The first-order valence-electron chi connectivity index (χ1n) is 10.5. The van der Waals surface area contributed by atoms with Crippen molar-refractivity contribution in [2.75, 3.05) is 7.11 Å². The van der Waals surface area contributed by atoms with Crippen LogP contribution in [0.5, 0.6) is 11.5 Å². The summed E-state index contributed by atoms with van der Waals surface area (Å²) in [5.41, 5.74) is 1.98. The van der Waals surface area contributed by atoms with E-state index >= 15 is 0 Å². The van der Waals surface area contributed by atoms with Crippen LogP contribution in [0.3, 0.4) is 0 Å². The number of halogens is 1. The zero-order valence-electron chi connectivity index (χ0n) is 17.4. The number of rotatable bonds is 6. The molecule has 2 aliphatic rings. The highest BCUT2D eigenvalue weighted by Gasteiger charge is 2.36. The summed E-state index contributed by atoms with van der Waals surface area (Å²) in [7, 11) is 1.56. The zero-order chi connectivity index (χ0) is 21.8. The number of hydrogen-bond donors (Lipinski definition) is 1. The van der Waals surface area contributed by atoms with Gasteiger partial charge in [0.1, 0.15) is 18.1 Å². The van der Waals surface area contributed by atoms with Crippen LogP contribution in [0.1, 0.15) is 43.2 Å². The molecule has 31 heavy (non-hydrogen) atoms. The number of amides is 1. The van der Waals surface area contributed by atoms with Crippen LogP contribution in [0.2, 0.25) is 0 Å². The molecule has 7 heteroatoms. The monoisotopic (exact) mass is 440 g/mol. The SMILES string of the molecule is COc1cc(/C=C2\NC(=S)N(C3CCCCC3)C2=O)ccc1OCc1cccc(F)c1. The van der Waals surface area contributed by atoms with Crippen LogP contribution in [0.25, 0.3) is 6.08 Å². The summed E-state index contributed by atoms with van der Waals surface area (Å²) in [5, 5.41) is 3.54. The molecule has 5 nitrogen and oxygen atoms in total. The third-order valence-electron chi connectivity index (χ3n) is 5.63. The maximum atomic E-state index is 13.4. The molecule has 1 saturated heterocycles. The molecular formula is C24H25FN2O3S. The third kappa shape index (κ3) is 4.88. The molecule has 1 heterocycles. The molecule has 4 rings (SSSR count). The summed E-state index contributed by atoms with van der Waals surface area (Å²) in [5.74, 6) is 0.688. The van der Waals surface area contributed by atoms with Gasteiger partial charge in [0.05, 0.1) is 7.11 Å². The van der Waals surface area contributed by atoms with Crippen molar-refractivity contribution >= 4 is 29.3 Å². The van der Waals surface area contributed by atoms with Gasteiger partial charge in [-0.05, 0) is 66.5 Å². The summed E-state index contributed by atoms with van der Waals surface area (Å²) < 4.78 is 24.6. The lowest BCUT2D eigenvalue weighted by molar-refractivity contribution is -0.124. The number of ether oxygens (including phenoxy) is 2. The molecule has 0 aromatic heterocycles. The number of thiocarbonyl (C=S) groups is 1. The van der Waals surface area contributed by atoms with Crippen molar-refractivity contribution in [3.63, 3.8) is 0 Å². The number of nitrogens with zero attached hydrogens (tertiary/aromatic N) is 1. The van der Waals surface area contributed by atoms with Gasteiger partial charge in [-0.15, -0.1) is 0 Å². The van der Waals surface area contributed by atoms with Gasteiger partial charge in [0.2, 0.25) is 0 Å². The van der Waals surface area contributed by atoms with E-state index in [2.05, 4.69) is 5.32 Å². The molecule has 0 radical (unpaired) electrons. The van der Waals surface area contributed by atoms with Crippen LogP contribution in [0, 0.1) is 5.82 Å². The Morgan fingerprint density at radius 1 is 1.16 bits per heavy atom. The summed E-state index contributed by atoms with van der Waals surface area (Å²) in [6.45, 7) is 0.221. The second-order valence-corrected chi connectivity index (χ2v) is 8.17. The number of hydrogen-bond acceptors (Lipinski definition) is 4. The van der Waals surface area contributed by atoms with Crippen LogP contribution in [-0.4, -0.2) is 29.1 Å². The van der Waals surface area contributed by atoms with E-state index in [1.165, 1.54) is 18.6 Å². The Labute approximate surface area is 186 Å². The molecular weight excluding hydrogens is 415 g/mol. The van der Waals surface area contributed by atoms with E-state index in [-0.39, 0.29) is 24.4 Å². The lowest BCUT2D eigenvalue weighted by atomic mass is 9.94. The zero-order valence-corrected chi connectivity index (χ0v) is 18.2. The fourth-order valence-corrected chi connectivity index (χ4v) is 4.41. The molecule has 1 aliphatic carbocycles. The smallest absolute Gasteiger partial charge is 0.276 e. The van der Waals surface area contributed by atoms with Crippen LogP contribution in [-0.2, 0) is 11.4 Å². The summed E-state index contributed by atoms with van der Waals surface area (Å²) in [6, 6.07) is 11.9. The Bertz CT molecular complexity index is 1020.